The Hall–Kier alpha value is -3.83. The number of hydrogen-bond donors (Lipinski definition) is 4. The van der Waals surface area contributed by atoms with Gasteiger partial charge in [0.05, 0.1) is 23.2 Å². The molecular weight excluding hydrogens is 535 g/mol. The number of carbonyl (C=O) groups is 2. The van der Waals surface area contributed by atoms with E-state index in [2.05, 4.69) is 25.9 Å². The second-order valence-corrected chi connectivity index (χ2v) is 10.8. The molecule has 1 saturated heterocycles. The molecule has 3 aromatic rings. The number of carbonyl (C=O) groups excluding carboxylic acids is 2. The number of aliphatic hydroxyl groups is 1. The van der Waals surface area contributed by atoms with Gasteiger partial charge in [-0.15, -0.1) is 0 Å². The molecule has 11 heteroatoms. The van der Waals surface area contributed by atoms with Crippen LogP contribution in [0.5, 0.6) is 0 Å². The minimum Gasteiger partial charge on any atom is -0.385 e. The van der Waals surface area contributed by atoms with Gasteiger partial charge in [-0.3, -0.25) is 9.59 Å². The van der Waals surface area contributed by atoms with Crippen LogP contribution in [0.3, 0.4) is 0 Å². The van der Waals surface area contributed by atoms with Crippen LogP contribution in [0.1, 0.15) is 53.6 Å². The number of amides is 2. The summed E-state index contributed by atoms with van der Waals surface area (Å²) in [4.78, 5) is 33.9. The standard InChI is InChI=1S/C30H32F3N5O3/c31-30(32,33)24-4-1-3-21(17-24)27(40)37-18-25(39)38-28(13-16-34-19-28)22-9-11-29(41,12-10-22)23-7-5-20(6-8-23)26-35-14-2-15-36-26/h1-8,14-15,17,22,34,41H,9-13,16,18-19H2,(H,37,40)(H,38,39)/t22?,28-,29?/m0/s1. The lowest BCUT2D eigenvalue weighted by atomic mass is 9.68. The van der Waals surface area contributed by atoms with E-state index >= 15 is 0 Å². The summed E-state index contributed by atoms with van der Waals surface area (Å²) in [5.41, 5.74) is -0.915. The average molecular weight is 568 g/mol. The zero-order chi connectivity index (χ0) is 29.1. The topological polar surface area (TPSA) is 116 Å². The second kappa shape index (κ2) is 11.6. The lowest BCUT2D eigenvalue weighted by Gasteiger charge is -2.44. The first-order valence-electron chi connectivity index (χ1n) is 13.7. The first-order valence-corrected chi connectivity index (χ1v) is 13.7. The maximum absolute atomic E-state index is 13.0. The molecular formula is C30H32F3N5O3. The molecule has 2 fully saturated rings. The summed E-state index contributed by atoms with van der Waals surface area (Å²) in [7, 11) is 0. The van der Waals surface area contributed by atoms with Gasteiger partial charge in [-0.1, -0.05) is 30.3 Å². The van der Waals surface area contributed by atoms with Gasteiger partial charge in [0.1, 0.15) is 0 Å². The van der Waals surface area contributed by atoms with Gasteiger partial charge < -0.3 is 21.1 Å². The summed E-state index contributed by atoms with van der Waals surface area (Å²) in [5, 5.41) is 20.4. The van der Waals surface area contributed by atoms with Gasteiger partial charge in [-0.2, -0.15) is 13.2 Å². The van der Waals surface area contributed by atoms with Gasteiger partial charge in [0, 0.05) is 30.1 Å². The van der Waals surface area contributed by atoms with Crippen molar-refractivity contribution in [1.82, 2.24) is 25.9 Å². The third-order valence-corrected chi connectivity index (χ3v) is 8.28. The van der Waals surface area contributed by atoms with Crippen molar-refractivity contribution in [3.8, 4) is 11.4 Å². The van der Waals surface area contributed by atoms with Gasteiger partial charge in [0.15, 0.2) is 5.82 Å². The Bertz CT molecular complexity index is 1370. The highest BCUT2D eigenvalue weighted by Crippen LogP contribution is 2.44. The van der Waals surface area contributed by atoms with E-state index in [1.54, 1.807) is 18.5 Å². The maximum atomic E-state index is 13.0. The average Bonchev–Trinajstić information content (AvgIpc) is 3.46. The van der Waals surface area contributed by atoms with Gasteiger partial charge in [-0.05, 0) is 74.4 Å². The molecule has 0 unspecified atom stereocenters. The maximum Gasteiger partial charge on any atom is 0.416 e. The van der Waals surface area contributed by atoms with Crippen LogP contribution in [0.2, 0.25) is 0 Å². The smallest absolute Gasteiger partial charge is 0.385 e. The van der Waals surface area contributed by atoms with Crippen molar-refractivity contribution >= 4 is 11.8 Å². The quantitative estimate of drug-likeness (QED) is 0.345. The van der Waals surface area contributed by atoms with Crippen molar-refractivity contribution in [1.29, 1.82) is 0 Å². The van der Waals surface area contributed by atoms with Gasteiger partial charge in [0.25, 0.3) is 5.91 Å². The largest absolute Gasteiger partial charge is 0.416 e. The number of hydrogen-bond acceptors (Lipinski definition) is 6. The molecule has 216 valence electrons. The van der Waals surface area contributed by atoms with Crippen LogP contribution in [0, 0.1) is 5.92 Å². The van der Waals surface area contributed by atoms with Crippen LogP contribution in [-0.4, -0.2) is 52.1 Å². The lowest BCUT2D eigenvalue weighted by molar-refractivity contribution is -0.137. The zero-order valence-electron chi connectivity index (χ0n) is 22.4. The van der Waals surface area contributed by atoms with Crippen LogP contribution in [-0.2, 0) is 16.6 Å². The van der Waals surface area contributed by atoms with Crippen LogP contribution in [0.15, 0.2) is 67.0 Å². The fraction of sp³-hybridized carbons (Fsp3) is 0.400. The van der Waals surface area contributed by atoms with Crippen molar-refractivity contribution in [2.75, 3.05) is 19.6 Å². The van der Waals surface area contributed by atoms with Gasteiger partial charge in [-0.25, -0.2) is 9.97 Å². The number of rotatable bonds is 7. The number of nitrogens with zero attached hydrogens (tertiary/aromatic N) is 2. The zero-order valence-corrected chi connectivity index (χ0v) is 22.4. The summed E-state index contributed by atoms with van der Waals surface area (Å²) in [6, 6.07) is 13.5. The molecule has 1 aromatic heterocycles. The Morgan fingerprint density at radius 1 is 1.00 bits per heavy atom. The first kappa shape index (κ1) is 28.7. The Morgan fingerprint density at radius 2 is 1.71 bits per heavy atom. The Balaban J connectivity index is 1.19. The molecule has 0 radical (unpaired) electrons. The molecule has 5 rings (SSSR count). The first-order chi connectivity index (χ1) is 19.6. The Labute approximate surface area is 235 Å². The molecule has 2 aliphatic rings. The number of benzene rings is 2. The molecule has 2 heterocycles. The third kappa shape index (κ3) is 6.41. The molecule has 1 aliphatic heterocycles. The van der Waals surface area contributed by atoms with Crippen molar-refractivity contribution in [2.24, 2.45) is 5.92 Å². The van der Waals surface area contributed by atoms with Crippen LogP contribution >= 0.6 is 0 Å². The molecule has 0 bridgehead atoms. The van der Waals surface area contributed by atoms with Gasteiger partial charge in [0.2, 0.25) is 5.91 Å². The summed E-state index contributed by atoms with van der Waals surface area (Å²) in [5.74, 6) is -0.434. The molecule has 1 atom stereocenters. The van der Waals surface area contributed by atoms with E-state index in [0.717, 1.165) is 35.9 Å². The number of alkyl halides is 3. The van der Waals surface area contributed by atoms with E-state index in [9.17, 15) is 27.9 Å². The normalized spacial score (nSPS) is 24.5. The summed E-state index contributed by atoms with van der Waals surface area (Å²) in [6.07, 6.45) is 1.95. The molecule has 0 spiro atoms. The van der Waals surface area contributed by atoms with Gasteiger partial charge >= 0.3 is 6.18 Å². The number of halogens is 3. The second-order valence-electron chi connectivity index (χ2n) is 10.8. The van der Waals surface area contributed by atoms with Crippen LogP contribution < -0.4 is 16.0 Å². The van der Waals surface area contributed by atoms with E-state index in [4.69, 9.17) is 0 Å². The van der Waals surface area contributed by atoms with E-state index < -0.39 is 34.7 Å². The highest BCUT2D eigenvalue weighted by atomic mass is 19.4. The molecule has 1 saturated carbocycles. The van der Waals surface area contributed by atoms with Crippen molar-refractivity contribution in [3.05, 3.63) is 83.7 Å². The molecule has 8 nitrogen and oxygen atoms in total. The van der Waals surface area contributed by atoms with Crippen molar-refractivity contribution in [2.45, 2.75) is 49.4 Å². The van der Waals surface area contributed by atoms with E-state index in [-0.39, 0.29) is 18.0 Å². The molecule has 4 N–H and O–H groups in total. The highest BCUT2D eigenvalue weighted by molar-refractivity contribution is 5.96. The molecule has 41 heavy (non-hydrogen) atoms. The predicted octanol–water partition coefficient (Wildman–Crippen LogP) is 3.82. The number of nitrogens with one attached hydrogen (secondary N) is 3. The minimum atomic E-state index is -4.57. The molecule has 1 aliphatic carbocycles. The lowest BCUT2D eigenvalue weighted by Crippen LogP contribution is -2.58. The number of aromatic nitrogens is 2. The monoisotopic (exact) mass is 567 g/mol. The third-order valence-electron chi connectivity index (χ3n) is 8.28. The minimum absolute atomic E-state index is 0.109. The van der Waals surface area contributed by atoms with Crippen molar-refractivity contribution < 1.29 is 27.9 Å². The fourth-order valence-electron chi connectivity index (χ4n) is 6.00. The molecule has 2 aromatic carbocycles. The SMILES string of the molecule is O=C(CNC(=O)c1cccc(C(F)(F)F)c1)N[C@@]1(C2CCC(O)(c3ccc(-c4ncccn4)cc3)CC2)CCNC1. The summed E-state index contributed by atoms with van der Waals surface area (Å²) in [6.45, 7) is 0.931. The van der Waals surface area contributed by atoms with Crippen molar-refractivity contribution in [3.63, 3.8) is 0 Å². The highest BCUT2D eigenvalue weighted by Gasteiger charge is 2.46. The van der Waals surface area contributed by atoms with E-state index in [0.29, 0.717) is 44.5 Å². The summed E-state index contributed by atoms with van der Waals surface area (Å²) < 4.78 is 39.0. The van der Waals surface area contributed by atoms with Crippen LogP contribution in [0.25, 0.3) is 11.4 Å². The Kier molecular flexibility index (Phi) is 8.10. The van der Waals surface area contributed by atoms with E-state index in [1.165, 1.54) is 6.07 Å². The Morgan fingerprint density at radius 3 is 2.34 bits per heavy atom. The van der Waals surface area contributed by atoms with E-state index in [1.807, 2.05) is 24.3 Å². The van der Waals surface area contributed by atoms with Crippen LogP contribution in [0.4, 0.5) is 13.2 Å². The molecule has 2 amide bonds. The summed E-state index contributed by atoms with van der Waals surface area (Å²) >= 11 is 0. The predicted molar refractivity (Wildman–Crippen MR) is 145 cm³/mol. The fourth-order valence-corrected chi connectivity index (χ4v) is 6.00.